The van der Waals surface area contributed by atoms with Crippen molar-refractivity contribution in [3.63, 3.8) is 0 Å². The van der Waals surface area contributed by atoms with Gasteiger partial charge in [-0.25, -0.2) is 8.42 Å². The lowest BCUT2D eigenvalue weighted by Gasteiger charge is -2.23. The molecule has 2 aliphatic heterocycles. The molecule has 3 N–H and O–H groups in total. The third kappa shape index (κ3) is 3.70. The van der Waals surface area contributed by atoms with Crippen LogP contribution in [0.5, 0.6) is 0 Å². The highest BCUT2D eigenvalue weighted by Crippen LogP contribution is 2.44. The lowest BCUT2D eigenvalue weighted by atomic mass is 9.78. The zero-order chi connectivity index (χ0) is 20.8. The smallest absolute Gasteiger partial charge is 0.310 e. The minimum Gasteiger partial charge on any atom is -0.481 e. The predicted molar refractivity (Wildman–Crippen MR) is 99.6 cm³/mol. The summed E-state index contributed by atoms with van der Waals surface area (Å²) in [7, 11) is -3.87. The summed E-state index contributed by atoms with van der Waals surface area (Å²) in [5.74, 6) is -2.61. The van der Waals surface area contributed by atoms with Gasteiger partial charge in [0.1, 0.15) is 5.76 Å². The molecule has 2 saturated heterocycles. The van der Waals surface area contributed by atoms with Crippen molar-refractivity contribution in [1.29, 1.82) is 0 Å². The Morgan fingerprint density at radius 2 is 1.79 bits per heavy atom. The van der Waals surface area contributed by atoms with E-state index in [1.54, 1.807) is 6.92 Å². The average molecular weight is 421 g/mol. The first-order chi connectivity index (χ1) is 13.7. The lowest BCUT2D eigenvalue weighted by Crippen LogP contribution is -2.40. The molecular formula is C18H19N3O7S. The van der Waals surface area contributed by atoms with Gasteiger partial charge < -0.3 is 19.7 Å². The lowest BCUT2D eigenvalue weighted by molar-refractivity contribution is -0.147. The summed E-state index contributed by atoms with van der Waals surface area (Å²) in [6.45, 7) is 1.64. The fraction of sp³-hybridized carbons (Fsp3) is 0.389. The van der Waals surface area contributed by atoms with E-state index >= 15 is 0 Å². The van der Waals surface area contributed by atoms with Crippen LogP contribution >= 0.6 is 0 Å². The number of amides is 1. The number of carbonyl (C=O) groups is 2. The van der Waals surface area contributed by atoms with Gasteiger partial charge in [-0.15, -0.1) is 0 Å². The van der Waals surface area contributed by atoms with Crippen LogP contribution in [0, 0.1) is 18.8 Å². The van der Waals surface area contributed by atoms with Crippen LogP contribution in [0.25, 0.3) is 0 Å². The Hall–Kier alpha value is -2.92. The molecule has 0 saturated carbocycles. The largest absolute Gasteiger partial charge is 0.481 e. The van der Waals surface area contributed by atoms with Gasteiger partial charge in [0.15, 0.2) is 5.82 Å². The number of sulfonamides is 1. The molecule has 1 aromatic heterocycles. The monoisotopic (exact) mass is 421 g/mol. The summed E-state index contributed by atoms with van der Waals surface area (Å²) < 4.78 is 37.5. The van der Waals surface area contributed by atoms with Crippen molar-refractivity contribution in [2.24, 2.45) is 11.8 Å². The van der Waals surface area contributed by atoms with Gasteiger partial charge in [0, 0.05) is 11.8 Å². The molecule has 154 valence electrons. The number of nitrogens with one attached hydrogen (secondary N) is 2. The summed E-state index contributed by atoms with van der Waals surface area (Å²) in [4.78, 5) is 24.1. The number of benzene rings is 1. The zero-order valence-electron chi connectivity index (χ0n) is 15.4. The van der Waals surface area contributed by atoms with Gasteiger partial charge in [0.05, 0.1) is 28.9 Å². The maximum Gasteiger partial charge on any atom is 0.310 e. The average Bonchev–Trinajstić information content (AvgIpc) is 3.37. The van der Waals surface area contributed by atoms with Crippen molar-refractivity contribution in [3.05, 3.63) is 36.1 Å². The van der Waals surface area contributed by atoms with Gasteiger partial charge in [0.25, 0.3) is 10.0 Å². The summed E-state index contributed by atoms with van der Waals surface area (Å²) in [6.07, 6.45) is 0.440. The maximum atomic E-state index is 12.6. The number of fused-ring (bicyclic) bond motifs is 2. The van der Waals surface area contributed by atoms with E-state index in [9.17, 15) is 23.1 Å². The third-order valence-electron chi connectivity index (χ3n) is 5.16. The van der Waals surface area contributed by atoms with Gasteiger partial charge in [-0.3, -0.25) is 14.3 Å². The Labute approximate surface area is 166 Å². The minimum atomic E-state index is -3.87. The summed E-state index contributed by atoms with van der Waals surface area (Å²) in [6, 6.07) is 6.98. The molecule has 2 fully saturated rings. The molecule has 1 aromatic carbocycles. The van der Waals surface area contributed by atoms with Crippen molar-refractivity contribution in [2.45, 2.75) is 36.9 Å². The Kier molecular flexibility index (Phi) is 4.79. The van der Waals surface area contributed by atoms with Crippen molar-refractivity contribution in [2.75, 3.05) is 10.0 Å². The van der Waals surface area contributed by atoms with Crippen LogP contribution in [0.2, 0.25) is 0 Å². The first kappa shape index (κ1) is 19.4. The normalized spacial score (nSPS) is 25.7. The molecule has 2 bridgehead atoms. The van der Waals surface area contributed by atoms with E-state index in [1.165, 1.54) is 30.3 Å². The number of hydrogen-bond donors (Lipinski definition) is 3. The van der Waals surface area contributed by atoms with Crippen LogP contribution in [0.15, 0.2) is 39.8 Å². The number of ether oxygens (including phenoxy) is 1. The Bertz CT molecular complexity index is 1050. The second-order valence-electron chi connectivity index (χ2n) is 7.12. The van der Waals surface area contributed by atoms with Crippen LogP contribution in [-0.4, -0.2) is 42.8 Å². The first-order valence-corrected chi connectivity index (χ1v) is 10.5. The summed E-state index contributed by atoms with van der Waals surface area (Å²) >= 11 is 0. The highest BCUT2D eigenvalue weighted by molar-refractivity contribution is 7.92. The number of aromatic nitrogens is 1. The van der Waals surface area contributed by atoms with Gasteiger partial charge in [-0.2, -0.15) is 0 Å². The zero-order valence-corrected chi connectivity index (χ0v) is 16.2. The van der Waals surface area contributed by atoms with Crippen molar-refractivity contribution in [1.82, 2.24) is 5.16 Å². The fourth-order valence-electron chi connectivity index (χ4n) is 3.88. The molecule has 4 rings (SSSR count). The number of aryl methyl sites for hydroxylation is 1. The van der Waals surface area contributed by atoms with Gasteiger partial charge >= 0.3 is 5.97 Å². The highest BCUT2D eigenvalue weighted by Gasteiger charge is 2.55. The van der Waals surface area contributed by atoms with E-state index in [0.717, 1.165) is 0 Å². The topological polar surface area (TPSA) is 148 Å². The Balaban J connectivity index is 1.45. The maximum absolute atomic E-state index is 12.6. The van der Waals surface area contributed by atoms with Crippen molar-refractivity contribution < 1.29 is 32.4 Å². The number of aliphatic carboxylic acids is 1. The molecule has 11 heteroatoms. The first-order valence-electron chi connectivity index (χ1n) is 9.00. The Morgan fingerprint density at radius 3 is 2.38 bits per heavy atom. The number of hydrogen-bond acceptors (Lipinski definition) is 7. The van der Waals surface area contributed by atoms with Crippen LogP contribution in [0.1, 0.15) is 18.6 Å². The van der Waals surface area contributed by atoms with E-state index in [4.69, 9.17) is 9.26 Å². The SMILES string of the molecule is Cc1cc(NS(=O)(=O)c2ccc(NC(=O)[C@H]3[C@@H](C(=O)O)[C@H]4CC[C@@H]3O4)cc2)no1. The van der Waals surface area contributed by atoms with E-state index in [2.05, 4.69) is 15.2 Å². The third-order valence-corrected chi connectivity index (χ3v) is 6.53. The second kappa shape index (κ2) is 7.16. The molecule has 4 atom stereocenters. The summed E-state index contributed by atoms with van der Waals surface area (Å²) in [5.41, 5.74) is 0.359. The van der Waals surface area contributed by atoms with Crippen LogP contribution < -0.4 is 10.0 Å². The van der Waals surface area contributed by atoms with E-state index in [0.29, 0.717) is 24.3 Å². The van der Waals surface area contributed by atoms with Gasteiger partial charge in [-0.05, 0) is 44.0 Å². The van der Waals surface area contributed by atoms with Gasteiger partial charge in [-0.1, -0.05) is 5.16 Å². The number of carboxylic acids is 1. The molecule has 0 radical (unpaired) electrons. The number of nitrogens with zero attached hydrogens (tertiary/aromatic N) is 1. The summed E-state index contributed by atoms with van der Waals surface area (Å²) in [5, 5.41) is 15.7. The highest BCUT2D eigenvalue weighted by atomic mass is 32.2. The molecule has 2 aliphatic rings. The molecule has 0 spiro atoms. The number of anilines is 2. The van der Waals surface area contributed by atoms with Crippen LogP contribution in [-0.2, 0) is 24.3 Å². The van der Waals surface area contributed by atoms with Crippen molar-refractivity contribution in [3.8, 4) is 0 Å². The molecule has 3 heterocycles. The quantitative estimate of drug-likeness (QED) is 0.637. The molecular weight excluding hydrogens is 402 g/mol. The molecule has 29 heavy (non-hydrogen) atoms. The van der Waals surface area contributed by atoms with Gasteiger partial charge in [0.2, 0.25) is 5.91 Å². The fourth-order valence-corrected chi connectivity index (χ4v) is 4.86. The van der Waals surface area contributed by atoms with E-state index in [-0.39, 0.29) is 10.7 Å². The minimum absolute atomic E-state index is 0.0252. The standard InChI is InChI=1S/C18H19N3O7S/c1-9-8-14(20-28-9)21-29(25,26)11-4-2-10(3-5-11)19-17(22)15-12-6-7-13(27-12)16(15)18(23)24/h2-5,8,12-13,15-16H,6-7H2,1H3,(H,19,22)(H,20,21)(H,23,24)/t12-,13+,15+,16-/m0/s1. The molecule has 10 nitrogen and oxygen atoms in total. The van der Waals surface area contributed by atoms with Crippen LogP contribution in [0.4, 0.5) is 11.5 Å². The number of rotatable bonds is 6. The second-order valence-corrected chi connectivity index (χ2v) is 8.80. The number of carbonyl (C=O) groups excluding carboxylic acids is 1. The molecule has 0 unspecified atom stereocenters. The van der Waals surface area contributed by atoms with E-state index < -0.39 is 45.9 Å². The van der Waals surface area contributed by atoms with Crippen LogP contribution in [0.3, 0.4) is 0 Å². The Morgan fingerprint density at radius 1 is 1.14 bits per heavy atom. The molecule has 0 aliphatic carbocycles. The van der Waals surface area contributed by atoms with Crippen molar-refractivity contribution >= 4 is 33.4 Å². The molecule has 1 amide bonds. The number of carboxylic acid groups (broad SMARTS) is 1. The molecule has 2 aromatic rings. The predicted octanol–water partition coefficient (Wildman–Crippen LogP) is 1.60. The van der Waals surface area contributed by atoms with E-state index in [1.807, 2.05) is 0 Å².